The molecule has 138 valence electrons. The van der Waals surface area contributed by atoms with Gasteiger partial charge in [0.15, 0.2) is 0 Å². The molecule has 0 saturated carbocycles. The quantitative estimate of drug-likeness (QED) is 0.667. The van der Waals surface area contributed by atoms with Crippen molar-refractivity contribution in [3.05, 3.63) is 48.0 Å². The fraction of sp³-hybridized carbons (Fsp3) is 0.524. The van der Waals surface area contributed by atoms with Crippen LogP contribution in [0.3, 0.4) is 0 Å². The number of hydrogen-bond acceptors (Lipinski definition) is 2. The Morgan fingerprint density at radius 2 is 1.56 bits per heavy atom. The number of allylic oxidation sites excluding steroid dienone is 2. The van der Waals surface area contributed by atoms with Crippen molar-refractivity contribution in [2.24, 2.45) is 23.7 Å². The van der Waals surface area contributed by atoms with Crippen LogP contribution in [0.2, 0.25) is 0 Å². The second kappa shape index (κ2) is 10.0. The van der Waals surface area contributed by atoms with Crippen LogP contribution in [-0.4, -0.2) is 23.0 Å². The molecule has 0 aliphatic rings. The predicted octanol–water partition coefficient (Wildman–Crippen LogP) is 3.92. The van der Waals surface area contributed by atoms with Gasteiger partial charge in [0, 0.05) is 12.3 Å². The number of carboxylic acid groups (broad SMARTS) is 1. The van der Waals surface area contributed by atoms with Gasteiger partial charge in [-0.3, -0.25) is 4.79 Å². The number of nitrogens with one attached hydrogen (secondary N) is 1. The average molecular weight is 345 g/mol. The number of aliphatic carboxylic acids is 1. The Morgan fingerprint density at radius 3 is 2.08 bits per heavy atom. The molecule has 0 aliphatic heterocycles. The van der Waals surface area contributed by atoms with E-state index in [2.05, 4.69) is 38.2 Å². The Hall–Kier alpha value is -2.10. The minimum absolute atomic E-state index is 0.0485. The summed E-state index contributed by atoms with van der Waals surface area (Å²) in [4.78, 5) is 24.0. The molecule has 0 spiro atoms. The second-order valence-corrected chi connectivity index (χ2v) is 7.22. The minimum Gasteiger partial charge on any atom is -0.480 e. The van der Waals surface area contributed by atoms with Crippen molar-refractivity contribution in [2.45, 2.75) is 47.1 Å². The molecule has 0 fully saturated rings. The summed E-state index contributed by atoms with van der Waals surface area (Å²) in [7, 11) is 0. The monoisotopic (exact) mass is 345 g/mol. The highest BCUT2D eigenvalue weighted by molar-refractivity contribution is 5.85. The maximum absolute atomic E-state index is 12.5. The van der Waals surface area contributed by atoms with E-state index in [0.717, 1.165) is 5.56 Å². The lowest BCUT2D eigenvalue weighted by Crippen LogP contribution is -2.45. The van der Waals surface area contributed by atoms with Crippen molar-refractivity contribution in [2.75, 3.05) is 0 Å². The zero-order chi connectivity index (χ0) is 19.0. The van der Waals surface area contributed by atoms with Crippen LogP contribution in [0.4, 0.5) is 0 Å². The first-order chi connectivity index (χ1) is 11.7. The Kier molecular flexibility index (Phi) is 8.39. The SMILES string of the molecule is CC(C)C(C)/C=C\C(C)C(C)C(=O)N[C@@H](Cc1ccccc1)C(=O)O. The summed E-state index contributed by atoms with van der Waals surface area (Å²) in [5, 5.41) is 12.1. The highest BCUT2D eigenvalue weighted by Gasteiger charge is 2.25. The van der Waals surface area contributed by atoms with Crippen LogP contribution in [0, 0.1) is 23.7 Å². The largest absolute Gasteiger partial charge is 0.480 e. The molecule has 4 heteroatoms. The van der Waals surface area contributed by atoms with Crippen molar-refractivity contribution in [3.8, 4) is 0 Å². The Morgan fingerprint density at radius 1 is 1.00 bits per heavy atom. The van der Waals surface area contributed by atoms with Gasteiger partial charge in [0.1, 0.15) is 6.04 Å². The zero-order valence-electron chi connectivity index (χ0n) is 15.9. The van der Waals surface area contributed by atoms with E-state index in [1.54, 1.807) is 0 Å². The molecule has 1 aromatic carbocycles. The van der Waals surface area contributed by atoms with E-state index in [4.69, 9.17) is 0 Å². The number of carboxylic acids is 1. The lowest BCUT2D eigenvalue weighted by Gasteiger charge is -2.21. The van der Waals surface area contributed by atoms with Gasteiger partial charge >= 0.3 is 5.97 Å². The van der Waals surface area contributed by atoms with Crippen LogP contribution < -0.4 is 5.32 Å². The molecule has 4 nitrogen and oxygen atoms in total. The first-order valence-electron chi connectivity index (χ1n) is 8.97. The molecular formula is C21H31NO3. The molecule has 1 rings (SSSR count). The average Bonchev–Trinajstić information content (AvgIpc) is 2.58. The smallest absolute Gasteiger partial charge is 0.326 e. The summed E-state index contributed by atoms with van der Waals surface area (Å²) in [6.45, 7) is 10.3. The summed E-state index contributed by atoms with van der Waals surface area (Å²) in [5.74, 6) is -0.475. The van der Waals surface area contributed by atoms with Crippen molar-refractivity contribution >= 4 is 11.9 Å². The van der Waals surface area contributed by atoms with Crippen molar-refractivity contribution in [3.63, 3.8) is 0 Å². The third kappa shape index (κ3) is 7.12. The van der Waals surface area contributed by atoms with Gasteiger partial charge in [-0.1, -0.05) is 77.1 Å². The minimum atomic E-state index is -1.01. The summed E-state index contributed by atoms with van der Waals surface area (Å²) >= 11 is 0. The Labute approximate surface area is 151 Å². The molecule has 0 aromatic heterocycles. The number of carbonyl (C=O) groups is 2. The molecule has 0 radical (unpaired) electrons. The lowest BCUT2D eigenvalue weighted by molar-refractivity contribution is -0.142. The number of benzene rings is 1. The lowest BCUT2D eigenvalue weighted by atomic mass is 9.90. The number of rotatable bonds is 9. The zero-order valence-corrected chi connectivity index (χ0v) is 15.9. The third-order valence-corrected chi connectivity index (χ3v) is 4.87. The molecule has 4 atom stereocenters. The van der Waals surface area contributed by atoms with Crippen molar-refractivity contribution in [1.82, 2.24) is 5.32 Å². The van der Waals surface area contributed by atoms with E-state index >= 15 is 0 Å². The highest BCUT2D eigenvalue weighted by atomic mass is 16.4. The molecular weight excluding hydrogens is 314 g/mol. The molecule has 0 saturated heterocycles. The van der Waals surface area contributed by atoms with E-state index < -0.39 is 12.0 Å². The van der Waals surface area contributed by atoms with Crippen LogP contribution in [0.25, 0.3) is 0 Å². The molecule has 1 amide bonds. The molecule has 0 bridgehead atoms. The van der Waals surface area contributed by atoms with E-state index in [-0.39, 0.29) is 24.2 Å². The van der Waals surface area contributed by atoms with Gasteiger partial charge < -0.3 is 10.4 Å². The van der Waals surface area contributed by atoms with Gasteiger partial charge in [-0.05, 0) is 23.3 Å². The number of hydrogen-bond donors (Lipinski definition) is 2. The van der Waals surface area contributed by atoms with Gasteiger partial charge in [0.05, 0.1) is 0 Å². The van der Waals surface area contributed by atoms with E-state index in [9.17, 15) is 14.7 Å². The highest BCUT2D eigenvalue weighted by Crippen LogP contribution is 2.17. The summed E-state index contributed by atoms with van der Waals surface area (Å²) in [6, 6.07) is 8.42. The molecule has 25 heavy (non-hydrogen) atoms. The summed E-state index contributed by atoms with van der Waals surface area (Å²) in [5.41, 5.74) is 0.890. The maximum atomic E-state index is 12.5. The fourth-order valence-electron chi connectivity index (χ4n) is 2.33. The number of carbonyl (C=O) groups excluding carboxylic acids is 1. The first kappa shape index (κ1) is 20.9. The third-order valence-electron chi connectivity index (χ3n) is 4.87. The normalized spacial score (nSPS) is 16.4. The summed E-state index contributed by atoms with van der Waals surface area (Å²) in [6.07, 6.45) is 4.48. The van der Waals surface area contributed by atoms with Crippen LogP contribution in [-0.2, 0) is 16.0 Å². The van der Waals surface area contributed by atoms with Crippen LogP contribution in [0.5, 0.6) is 0 Å². The predicted molar refractivity (Wildman–Crippen MR) is 101 cm³/mol. The topological polar surface area (TPSA) is 66.4 Å². The van der Waals surface area contributed by atoms with Crippen molar-refractivity contribution in [1.29, 1.82) is 0 Å². The molecule has 1 aromatic rings. The summed E-state index contributed by atoms with van der Waals surface area (Å²) < 4.78 is 0. The van der Waals surface area contributed by atoms with E-state index in [1.165, 1.54) is 0 Å². The molecule has 3 unspecified atom stereocenters. The molecule has 0 heterocycles. The van der Waals surface area contributed by atoms with Gasteiger partial charge in [-0.25, -0.2) is 4.79 Å². The Balaban J connectivity index is 2.68. The molecule has 0 aliphatic carbocycles. The fourth-order valence-corrected chi connectivity index (χ4v) is 2.33. The van der Waals surface area contributed by atoms with Crippen LogP contribution >= 0.6 is 0 Å². The van der Waals surface area contributed by atoms with Gasteiger partial charge in [-0.15, -0.1) is 0 Å². The van der Waals surface area contributed by atoms with Gasteiger partial charge in [-0.2, -0.15) is 0 Å². The number of amides is 1. The van der Waals surface area contributed by atoms with Crippen LogP contribution in [0.1, 0.15) is 40.2 Å². The maximum Gasteiger partial charge on any atom is 0.326 e. The van der Waals surface area contributed by atoms with Crippen molar-refractivity contribution < 1.29 is 14.7 Å². The van der Waals surface area contributed by atoms with Crippen LogP contribution in [0.15, 0.2) is 42.5 Å². The van der Waals surface area contributed by atoms with E-state index in [0.29, 0.717) is 11.8 Å². The second-order valence-electron chi connectivity index (χ2n) is 7.22. The van der Waals surface area contributed by atoms with Gasteiger partial charge in [0.2, 0.25) is 5.91 Å². The molecule has 2 N–H and O–H groups in total. The van der Waals surface area contributed by atoms with E-state index in [1.807, 2.05) is 44.2 Å². The van der Waals surface area contributed by atoms with Gasteiger partial charge in [0.25, 0.3) is 0 Å². The Bertz CT molecular complexity index is 580. The first-order valence-corrected chi connectivity index (χ1v) is 8.97. The standard InChI is InChI=1S/C21H31NO3/c1-14(2)15(3)11-12-16(4)17(5)20(23)22-19(21(24)25)13-18-9-7-6-8-10-18/h6-12,14-17,19H,13H2,1-5H3,(H,22,23)(H,24,25)/b12-11-/t15?,16?,17?,19-/m0/s1.